The predicted octanol–water partition coefficient (Wildman–Crippen LogP) is 5.57. The van der Waals surface area contributed by atoms with Crippen LogP contribution in [0.15, 0.2) is 66.4 Å². The van der Waals surface area contributed by atoms with Gasteiger partial charge < -0.3 is 65.5 Å². The molecule has 9 N–H and O–H groups in total. The van der Waals surface area contributed by atoms with Gasteiger partial charge in [-0.2, -0.15) is 0 Å². The Kier molecular flexibility index (Phi) is 22.0. The number of nitrogens with one attached hydrogen (secondary N) is 6. The number of carbonyl (C=O) groups is 9. The van der Waals surface area contributed by atoms with Crippen molar-refractivity contribution in [1.82, 2.24) is 31.3 Å². The maximum absolute atomic E-state index is 14.3. The second kappa shape index (κ2) is 28.9. The Hall–Kier alpha value is -8.07. The fourth-order valence-corrected chi connectivity index (χ4v) is 11.1. The van der Waals surface area contributed by atoms with Crippen molar-refractivity contribution in [2.45, 2.75) is 153 Å². The molecule has 3 aromatic rings. The molecule has 4 aliphatic heterocycles. The van der Waals surface area contributed by atoms with Gasteiger partial charge in [0, 0.05) is 83.3 Å². The molecular weight excluding hydrogens is 1140 g/mol. The first-order chi connectivity index (χ1) is 40.8. The van der Waals surface area contributed by atoms with E-state index in [2.05, 4.69) is 36.9 Å². The van der Waals surface area contributed by atoms with E-state index in [1.165, 1.54) is 26.5 Å². The fourth-order valence-electron chi connectivity index (χ4n) is 10.8. The number of nitrogens with two attached hydrogens (primary N) is 1. The number of halogens is 1. The number of unbranched alkanes of at least 4 members (excludes halogenated alkanes) is 1. The van der Waals surface area contributed by atoms with Crippen LogP contribution in [0.3, 0.4) is 0 Å². The number of hydroxylamine groups is 2. The van der Waals surface area contributed by atoms with Gasteiger partial charge >= 0.3 is 24.2 Å². The first-order valence-electron chi connectivity index (χ1n) is 28.5. The third-order valence-electron chi connectivity index (χ3n) is 15.6. The molecular formula is C59H77ClN10O16. The van der Waals surface area contributed by atoms with Crippen molar-refractivity contribution in [2.75, 3.05) is 49.9 Å². The molecule has 466 valence electrons. The van der Waals surface area contributed by atoms with Crippen LogP contribution in [0, 0.1) is 11.8 Å². The number of pyridine rings is 1. The Morgan fingerprint density at radius 2 is 1.70 bits per heavy atom. The minimum atomic E-state index is -1.86. The molecule has 9 amide bonds. The SMILES string of the molecule is COc1cc2cc(c1Cl)N(C)CC[C@H](OC(=O)Nc1ccc(NC(=O)[C@H](CCCNC(N)=O)NC(=O)[C@@H](NC(=O)CCCCC(=O)ON3C(=O)CCC3=O)C(C)C)c3ncccc13)[C@]1(C)O[C@H]1[C@H](C)[C@@H]1C[C@@](O)(NC(=O)O1)[C@H](OC)/C=C/C=C(\C)C2. The highest BCUT2D eigenvalue weighted by Gasteiger charge is 2.64. The van der Waals surface area contributed by atoms with E-state index >= 15 is 0 Å². The summed E-state index contributed by atoms with van der Waals surface area (Å²) < 4.78 is 30.0. The lowest BCUT2D eigenvalue weighted by atomic mass is 9.83. The van der Waals surface area contributed by atoms with Crippen molar-refractivity contribution >= 4 is 93.3 Å². The number of rotatable bonds is 20. The topological polar surface area (TPSA) is 350 Å². The monoisotopic (exact) mass is 1220 g/mol. The molecule has 86 heavy (non-hydrogen) atoms. The number of anilines is 3. The molecule has 9 atom stereocenters. The van der Waals surface area contributed by atoms with Crippen LogP contribution in [-0.4, -0.2) is 151 Å². The van der Waals surface area contributed by atoms with Gasteiger partial charge in [0.15, 0.2) is 5.72 Å². The predicted molar refractivity (Wildman–Crippen MR) is 314 cm³/mol. The van der Waals surface area contributed by atoms with Crippen molar-refractivity contribution in [3.05, 3.63) is 77.0 Å². The van der Waals surface area contributed by atoms with Gasteiger partial charge in [0.1, 0.15) is 46.8 Å². The van der Waals surface area contributed by atoms with Crippen molar-refractivity contribution < 1.29 is 76.8 Å². The summed E-state index contributed by atoms with van der Waals surface area (Å²) in [5.74, 6) is -4.40. The number of primary amides is 1. The third-order valence-corrected chi connectivity index (χ3v) is 16.0. The zero-order valence-electron chi connectivity index (χ0n) is 49.5. The van der Waals surface area contributed by atoms with E-state index in [9.17, 15) is 48.3 Å². The standard InChI is InChI=1S/C59H77ClN10O16/c1-32(2)50(67-45(71)18-9-10-19-48(74)86-70-46(72)22-23-47(70)73)54(76)65-39(16-13-26-63-55(61)77)53(75)64-38-21-20-37(36-15-12-25-62-51(36)38)66-56(78)84-43-24-27-69(6)40-29-35(30-41(81-7)49(40)60)28-33(3)14-11-17-44(82-8)59(80)31-42(83-57(79)68-59)34(4)52-58(43,5)85-52/h11-12,14-15,17,20-21,25,29-30,32,34,39,42-44,50,52,80H,9-10,13,16,18-19,22-24,26-28,31H2,1-8H3,(H,64,75)(H,65,76)(H,66,78)(H,67,71)(H,68,79)(H3,61,63,77)/b17-11+,33-14+/t34-,39+,42+,43+,44-,50+,52+,58+,59+/m1/s1. The van der Waals surface area contributed by atoms with Gasteiger partial charge in [-0.3, -0.25) is 39.6 Å². The summed E-state index contributed by atoms with van der Waals surface area (Å²) in [6.07, 6.45) is 2.59. The molecule has 1 aromatic heterocycles. The maximum Gasteiger partial charge on any atom is 0.412 e. The number of hydrogen-bond acceptors (Lipinski definition) is 18. The number of allylic oxidation sites excluding steroid dienone is 3. The zero-order valence-corrected chi connectivity index (χ0v) is 50.2. The average Bonchev–Trinajstić information content (AvgIpc) is 2.64. The number of methoxy groups -OCH3 is 2. The molecule has 27 heteroatoms. The third kappa shape index (κ3) is 16.5. The first kappa shape index (κ1) is 65.5. The van der Waals surface area contributed by atoms with Crippen LogP contribution in [0.25, 0.3) is 10.9 Å². The molecule has 7 rings (SSSR count). The zero-order chi connectivity index (χ0) is 62.6. The van der Waals surface area contributed by atoms with Gasteiger partial charge in [-0.15, -0.1) is 5.06 Å². The summed E-state index contributed by atoms with van der Waals surface area (Å²) in [6, 6.07) is 7.08. The van der Waals surface area contributed by atoms with Crippen LogP contribution in [-0.2, 0) is 59.0 Å². The van der Waals surface area contributed by atoms with Gasteiger partial charge in [-0.25, -0.2) is 19.2 Å². The number of imide groups is 1. The minimum absolute atomic E-state index is 0.0133. The molecule has 4 bridgehead atoms. The Bertz CT molecular complexity index is 3110. The van der Waals surface area contributed by atoms with Gasteiger partial charge in [-0.1, -0.05) is 56.2 Å². The summed E-state index contributed by atoms with van der Waals surface area (Å²) >= 11 is 6.95. The van der Waals surface area contributed by atoms with Crippen LogP contribution in [0.1, 0.15) is 104 Å². The number of aromatic nitrogens is 1. The minimum Gasteiger partial charge on any atom is -0.495 e. The van der Waals surface area contributed by atoms with Gasteiger partial charge in [0.2, 0.25) is 17.7 Å². The smallest absolute Gasteiger partial charge is 0.412 e. The van der Waals surface area contributed by atoms with E-state index in [1.807, 2.05) is 44.0 Å². The number of alkyl carbamates (subject to hydrolysis) is 1. The number of epoxide rings is 1. The highest BCUT2D eigenvalue weighted by Crippen LogP contribution is 2.49. The number of urea groups is 1. The summed E-state index contributed by atoms with van der Waals surface area (Å²) in [7, 11) is 4.82. The highest BCUT2D eigenvalue weighted by atomic mass is 35.5. The number of aliphatic hydroxyl groups is 1. The quantitative estimate of drug-likeness (QED) is 0.0389. The van der Waals surface area contributed by atoms with Crippen molar-refractivity contribution in [3.63, 3.8) is 0 Å². The average molecular weight is 1220 g/mol. The lowest BCUT2D eigenvalue weighted by Crippen LogP contribution is -2.63. The Balaban J connectivity index is 1.07. The largest absolute Gasteiger partial charge is 0.495 e. The number of nitrogens with zero attached hydrogens (tertiary/aromatic N) is 3. The molecule has 4 aliphatic rings. The first-order valence-corrected chi connectivity index (χ1v) is 28.9. The van der Waals surface area contributed by atoms with E-state index in [1.54, 1.807) is 51.1 Å². The second-order valence-electron chi connectivity index (χ2n) is 22.5. The lowest BCUT2D eigenvalue weighted by molar-refractivity contribution is -0.197. The molecule has 0 spiro atoms. The van der Waals surface area contributed by atoms with Crippen molar-refractivity contribution in [1.29, 1.82) is 0 Å². The summed E-state index contributed by atoms with van der Waals surface area (Å²) in [5, 5.41) is 29.3. The van der Waals surface area contributed by atoms with Crippen LogP contribution in [0.4, 0.5) is 31.4 Å². The molecule has 3 saturated heterocycles. The summed E-state index contributed by atoms with van der Waals surface area (Å²) in [6.45, 7) is 9.36. The van der Waals surface area contributed by atoms with E-state index in [4.69, 9.17) is 45.9 Å². The maximum atomic E-state index is 14.3. The van der Waals surface area contributed by atoms with Crippen molar-refractivity contribution in [2.24, 2.45) is 17.6 Å². The number of ether oxygens (including phenoxy) is 5. The number of hydrogen-bond donors (Lipinski definition) is 8. The molecule has 0 unspecified atom stereocenters. The van der Waals surface area contributed by atoms with Gasteiger partial charge in [-0.05, 0) is 93.8 Å². The molecule has 0 aliphatic carbocycles. The van der Waals surface area contributed by atoms with Crippen LogP contribution in [0.2, 0.25) is 5.02 Å². The summed E-state index contributed by atoms with van der Waals surface area (Å²) in [5.41, 5.74) is 5.51. The van der Waals surface area contributed by atoms with Crippen molar-refractivity contribution in [3.8, 4) is 5.75 Å². The van der Waals surface area contributed by atoms with Crippen LogP contribution in [0.5, 0.6) is 5.75 Å². The number of benzene rings is 2. The number of carbonyl (C=O) groups excluding carboxylic acids is 9. The van der Waals surface area contributed by atoms with Gasteiger partial charge in [0.25, 0.3) is 11.8 Å². The Morgan fingerprint density at radius 1 is 0.977 bits per heavy atom. The molecule has 5 heterocycles. The van der Waals surface area contributed by atoms with E-state index in [-0.39, 0.29) is 87.6 Å². The normalized spacial score (nSPS) is 24.8. The van der Waals surface area contributed by atoms with E-state index < -0.39 is 113 Å². The van der Waals surface area contributed by atoms with Gasteiger partial charge in [0.05, 0.1) is 35.8 Å². The Labute approximate surface area is 502 Å². The van der Waals surface area contributed by atoms with Crippen LogP contribution < -0.4 is 47.3 Å². The number of fused-ring (bicyclic) bond motifs is 6. The second-order valence-corrected chi connectivity index (χ2v) is 22.8. The fraction of sp³-hybridized carbons (Fsp3) is 0.525. The van der Waals surface area contributed by atoms with Crippen LogP contribution >= 0.6 is 11.6 Å². The Morgan fingerprint density at radius 3 is 2.40 bits per heavy atom. The molecule has 0 radical (unpaired) electrons. The van der Waals surface area contributed by atoms with E-state index in [0.29, 0.717) is 39.9 Å². The molecule has 3 fully saturated rings. The summed E-state index contributed by atoms with van der Waals surface area (Å²) in [4.78, 5) is 128. The molecule has 0 saturated carbocycles. The molecule has 2 aromatic carbocycles. The lowest BCUT2D eigenvalue weighted by Gasteiger charge is -2.42. The number of amides is 9. The highest BCUT2D eigenvalue weighted by molar-refractivity contribution is 6.34. The van der Waals surface area contributed by atoms with E-state index in [0.717, 1.165) is 11.1 Å². The molecule has 26 nitrogen and oxygen atoms in total.